The molecule has 0 saturated carbocycles. The van der Waals surface area contributed by atoms with Crippen molar-refractivity contribution in [3.63, 3.8) is 0 Å². The summed E-state index contributed by atoms with van der Waals surface area (Å²) >= 11 is 0. The zero-order chi connectivity index (χ0) is 13.0. The quantitative estimate of drug-likeness (QED) is 0.256. The average Bonchev–Trinajstić information content (AvgIpc) is 2.81. The third kappa shape index (κ3) is 2.98. The fraction of sp³-hybridized carbons (Fsp3) is 0.333. The van der Waals surface area contributed by atoms with E-state index in [0.29, 0.717) is 25.1 Å². The van der Waals surface area contributed by atoms with Gasteiger partial charge in [0.2, 0.25) is 5.91 Å². The number of amides is 1. The number of carbonyl (C=O) groups is 1. The molecule has 1 aromatic carbocycles. The van der Waals surface area contributed by atoms with Crippen LogP contribution in [-0.4, -0.2) is 29.5 Å². The van der Waals surface area contributed by atoms with Gasteiger partial charge < -0.3 is 21.6 Å². The zero-order valence-electron chi connectivity index (χ0n) is 9.89. The second-order valence-electron chi connectivity index (χ2n) is 4.27. The molecule has 96 valence electrons. The molecule has 1 aliphatic heterocycles. The number of nitrogens with one attached hydrogen (secondary N) is 2. The van der Waals surface area contributed by atoms with Crippen LogP contribution in [0.3, 0.4) is 0 Å². The Hall–Kier alpha value is -2.08. The van der Waals surface area contributed by atoms with Gasteiger partial charge in [0.25, 0.3) is 0 Å². The molecular formula is C12H16N4O2. The van der Waals surface area contributed by atoms with Crippen LogP contribution in [-0.2, 0) is 11.3 Å². The maximum Gasteiger partial charge on any atom is 0.221 e. The summed E-state index contributed by atoms with van der Waals surface area (Å²) in [5.41, 5.74) is 7.23. The number of oxime groups is 1. The monoisotopic (exact) mass is 248 g/mol. The van der Waals surface area contributed by atoms with Gasteiger partial charge in [0.05, 0.1) is 0 Å². The number of carbonyl (C=O) groups excluding carboxylic acids is 1. The number of benzene rings is 1. The normalized spacial score (nSPS) is 19.9. The summed E-state index contributed by atoms with van der Waals surface area (Å²) in [6, 6.07) is 7.60. The third-order valence-electron chi connectivity index (χ3n) is 2.90. The number of rotatable bonds is 4. The van der Waals surface area contributed by atoms with Crippen LogP contribution in [0.5, 0.6) is 0 Å². The van der Waals surface area contributed by atoms with Gasteiger partial charge in [0, 0.05) is 31.1 Å². The van der Waals surface area contributed by atoms with Gasteiger partial charge in [-0.05, 0) is 11.6 Å². The molecule has 1 heterocycles. The van der Waals surface area contributed by atoms with Crippen LogP contribution in [0, 0.1) is 0 Å². The highest BCUT2D eigenvalue weighted by molar-refractivity contribution is 5.97. The van der Waals surface area contributed by atoms with Crippen LogP contribution >= 0.6 is 0 Å². The fourth-order valence-electron chi connectivity index (χ4n) is 1.91. The van der Waals surface area contributed by atoms with E-state index >= 15 is 0 Å². The first-order valence-electron chi connectivity index (χ1n) is 5.76. The molecule has 5 N–H and O–H groups in total. The van der Waals surface area contributed by atoms with Gasteiger partial charge in [0.1, 0.15) is 0 Å². The van der Waals surface area contributed by atoms with E-state index in [1.807, 2.05) is 18.2 Å². The van der Waals surface area contributed by atoms with Crippen LogP contribution < -0.4 is 16.4 Å². The molecule has 6 heteroatoms. The minimum absolute atomic E-state index is 0.0814. The highest BCUT2D eigenvalue weighted by atomic mass is 16.4. The summed E-state index contributed by atoms with van der Waals surface area (Å²) in [4.78, 5) is 11.0. The Bertz CT molecular complexity index is 473. The summed E-state index contributed by atoms with van der Waals surface area (Å²) in [6.07, 6.45) is 0.514. The van der Waals surface area contributed by atoms with Crippen LogP contribution in [0.4, 0.5) is 0 Å². The lowest BCUT2D eigenvalue weighted by Gasteiger charge is -2.10. The zero-order valence-corrected chi connectivity index (χ0v) is 9.89. The molecule has 1 fully saturated rings. The van der Waals surface area contributed by atoms with Crippen LogP contribution in [0.15, 0.2) is 29.4 Å². The highest BCUT2D eigenvalue weighted by Crippen LogP contribution is 2.07. The van der Waals surface area contributed by atoms with Crippen molar-refractivity contribution in [2.24, 2.45) is 10.9 Å². The Morgan fingerprint density at radius 3 is 3.11 bits per heavy atom. The van der Waals surface area contributed by atoms with Crippen LogP contribution in [0.1, 0.15) is 17.5 Å². The SMILES string of the molecule is N/C(=N/O)c1cccc(CNC2CNC(=O)C2)c1. The largest absolute Gasteiger partial charge is 0.409 e. The van der Waals surface area contributed by atoms with Crippen molar-refractivity contribution in [3.05, 3.63) is 35.4 Å². The number of hydrogen-bond acceptors (Lipinski definition) is 4. The summed E-state index contributed by atoms with van der Waals surface area (Å²) < 4.78 is 0. The van der Waals surface area contributed by atoms with E-state index in [2.05, 4.69) is 15.8 Å². The lowest BCUT2D eigenvalue weighted by atomic mass is 10.1. The molecule has 1 atom stereocenters. The molecule has 1 unspecified atom stereocenters. The van der Waals surface area contributed by atoms with E-state index in [9.17, 15) is 4.79 Å². The molecule has 0 aliphatic carbocycles. The lowest BCUT2D eigenvalue weighted by Crippen LogP contribution is -2.30. The topological polar surface area (TPSA) is 99.7 Å². The Morgan fingerprint density at radius 2 is 2.44 bits per heavy atom. The molecule has 18 heavy (non-hydrogen) atoms. The molecule has 0 aromatic heterocycles. The summed E-state index contributed by atoms with van der Waals surface area (Å²) in [5, 5.41) is 17.6. The van der Waals surface area contributed by atoms with Gasteiger partial charge in [-0.15, -0.1) is 0 Å². The van der Waals surface area contributed by atoms with Crippen molar-refractivity contribution >= 4 is 11.7 Å². The smallest absolute Gasteiger partial charge is 0.221 e. The Balaban J connectivity index is 1.95. The first-order chi connectivity index (χ1) is 8.69. The van der Waals surface area contributed by atoms with Crippen LogP contribution in [0.2, 0.25) is 0 Å². The van der Waals surface area contributed by atoms with E-state index in [1.54, 1.807) is 6.07 Å². The van der Waals surface area contributed by atoms with Gasteiger partial charge in [-0.2, -0.15) is 0 Å². The van der Waals surface area contributed by atoms with Crippen molar-refractivity contribution in [1.82, 2.24) is 10.6 Å². The van der Waals surface area contributed by atoms with E-state index in [0.717, 1.165) is 5.56 Å². The summed E-state index contributed by atoms with van der Waals surface area (Å²) in [5.74, 6) is 0.174. The molecule has 1 amide bonds. The van der Waals surface area contributed by atoms with Crippen molar-refractivity contribution in [1.29, 1.82) is 0 Å². The molecule has 6 nitrogen and oxygen atoms in total. The molecular weight excluding hydrogens is 232 g/mol. The first-order valence-corrected chi connectivity index (χ1v) is 5.76. The van der Waals surface area contributed by atoms with Crippen molar-refractivity contribution < 1.29 is 10.0 Å². The van der Waals surface area contributed by atoms with Gasteiger partial charge in [-0.3, -0.25) is 4.79 Å². The predicted octanol–water partition coefficient (Wildman–Crippen LogP) is -0.241. The number of nitrogens with zero attached hydrogens (tertiary/aromatic N) is 1. The molecule has 1 saturated heterocycles. The van der Waals surface area contributed by atoms with E-state index in [-0.39, 0.29) is 17.8 Å². The maximum absolute atomic E-state index is 11.0. The van der Waals surface area contributed by atoms with Gasteiger partial charge in [0.15, 0.2) is 5.84 Å². The van der Waals surface area contributed by atoms with Crippen molar-refractivity contribution in [2.45, 2.75) is 19.0 Å². The Labute approximate surface area is 105 Å². The van der Waals surface area contributed by atoms with E-state index in [4.69, 9.17) is 10.9 Å². The fourth-order valence-corrected chi connectivity index (χ4v) is 1.91. The van der Waals surface area contributed by atoms with Crippen molar-refractivity contribution in [3.8, 4) is 0 Å². The van der Waals surface area contributed by atoms with Gasteiger partial charge in [-0.1, -0.05) is 23.4 Å². The molecule has 0 bridgehead atoms. The van der Waals surface area contributed by atoms with E-state index in [1.165, 1.54) is 0 Å². The Morgan fingerprint density at radius 1 is 1.61 bits per heavy atom. The maximum atomic E-state index is 11.0. The minimum Gasteiger partial charge on any atom is -0.409 e. The highest BCUT2D eigenvalue weighted by Gasteiger charge is 2.20. The van der Waals surface area contributed by atoms with E-state index < -0.39 is 0 Å². The summed E-state index contributed by atoms with van der Waals surface area (Å²) in [6.45, 7) is 1.31. The standard InChI is InChI=1S/C12H16N4O2/c13-12(16-18)9-3-1-2-8(4-9)6-14-10-5-11(17)15-7-10/h1-4,10,14,18H,5-7H2,(H2,13,16)(H,15,17). The molecule has 1 aliphatic rings. The molecule has 2 rings (SSSR count). The number of amidine groups is 1. The van der Waals surface area contributed by atoms with Crippen molar-refractivity contribution in [2.75, 3.05) is 6.54 Å². The van der Waals surface area contributed by atoms with Gasteiger partial charge in [-0.25, -0.2) is 0 Å². The number of nitrogens with two attached hydrogens (primary N) is 1. The minimum atomic E-state index is 0.0814. The average molecular weight is 248 g/mol. The number of hydrogen-bond donors (Lipinski definition) is 4. The second kappa shape index (κ2) is 5.50. The molecule has 0 spiro atoms. The van der Waals surface area contributed by atoms with Crippen LogP contribution in [0.25, 0.3) is 0 Å². The predicted molar refractivity (Wildman–Crippen MR) is 67.2 cm³/mol. The molecule has 0 radical (unpaired) electrons. The third-order valence-corrected chi connectivity index (χ3v) is 2.90. The molecule has 1 aromatic rings. The second-order valence-corrected chi connectivity index (χ2v) is 4.27. The first kappa shape index (κ1) is 12.4. The van der Waals surface area contributed by atoms with Gasteiger partial charge >= 0.3 is 0 Å². The summed E-state index contributed by atoms with van der Waals surface area (Å²) in [7, 11) is 0. The Kier molecular flexibility index (Phi) is 3.78. The lowest BCUT2D eigenvalue weighted by molar-refractivity contribution is -0.119.